The van der Waals surface area contributed by atoms with Gasteiger partial charge in [-0.15, -0.1) is 0 Å². The van der Waals surface area contributed by atoms with Crippen LogP contribution in [0.4, 0.5) is 0 Å². The molecule has 7 nitrogen and oxygen atoms in total. The smallest absolute Gasteiger partial charge is 0.334 e. The van der Waals surface area contributed by atoms with Gasteiger partial charge < -0.3 is 20.1 Å². The number of carboxylic acids is 1. The fourth-order valence-electron chi connectivity index (χ4n) is 2.78. The van der Waals surface area contributed by atoms with E-state index in [0.717, 1.165) is 5.56 Å². The van der Waals surface area contributed by atoms with E-state index >= 15 is 0 Å². The quantitative estimate of drug-likeness (QED) is 0.844. The van der Waals surface area contributed by atoms with Crippen LogP contribution in [-0.4, -0.2) is 59.6 Å². The molecule has 2 N–H and O–H groups in total. The molecule has 142 valence electrons. The minimum absolute atomic E-state index is 0.00131. The molecular weight excluding hydrogens is 336 g/mol. The first-order chi connectivity index (χ1) is 12.1. The summed E-state index contributed by atoms with van der Waals surface area (Å²) in [5.41, 5.74) is 1.59. The number of rotatable bonds is 4. The Bertz CT molecular complexity index is 678. The van der Waals surface area contributed by atoms with Crippen molar-refractivity contribution in [3.8, 4) is 0 Å². The Hall–Kier alpha value is -2.41. The highest BCUT2D eigenvalue weighted by Gasteiger charge is 2.32. The average molecular weight is 362 g/mol. The number of nitrogens with zero attached hydrogens (tertiary/aromatic N) is 1. The van der Waals surface area contributed by atoms with Gasteiger partial charge in [0.15, 0.2) is 6.10 Å². The largest absolute Gasteiger partial charge is 0.479 e. The van der Waals surface area contributed by atoms with Crippen molar-refractivity contribution < 1.29 is 24.2 Å². The maximum atomic E-state index is 12.3. The molecule has 0 radical (unpaired) electrons. The predicted octanol–water partition coefficient (Wildman–Crippen LogP) is 1.41. The molecule has 1 aliphatic heterocycles. The van der Waals surface area contributed by atoms with Crippen molar-refractivity contribution in [1.29, 1.82) is 0 Å². The number of carbonyl (C=O) groups is 3. The lowest BCUT2D eigenvalue weighted by molar-refractivity contribution is -0.166. The number of aliphatic carboxylic acids is 1. The van der Waals surface area contributed by atoms with Gasteiger partial charge >= 0.3 is 5.97 Å². The fourth-order valence-corrected chi connectivity index (χ4v) is 2.78. The van der Waals surface area contributed by atoms with Crippen LogP contribution in [-0.2, 0) is 19.7 Å². The SMILES string of the molecule is C[C@@H]1CN(C(=O)CNC(=O)c2ccc(C(C)(C)C)cc2)CC(C(=O)O)O1. The Morgan fingerprint density at radius 2 is 1.81 bits per heavy atom. The van der Waals surface area contributed by atoms with Crippen LogP contribution in [0.15, 0.2) is 24.3 Å². The zero-order chi connectivity index (χ0) is 19.5. The maximum absolute atomic E-state index is 12.3. The summed E-state index contributed by atoms with van der Waals surface area (Å²) in [4.78, 5) is 37.0. The van der Waals surface area contributed by atoms with Gasteiger partial charge in [-0.1, -0.05) is 32.9 Å². The monoisotopic (exact) mass is 362 g/mol. The number of hydrogen-bond acceptors (Lipinski definition) is 4. The number of ether oxygens (including phenoxy) is 1. The number of amides is 2. The van der Waals surface area contributed by atoms with E-state index in [1.54, 1.807) is 19.1 Å². The van der Waals surface area contributed by atoms with Crippen LogP contribution in [0.5, 0.6) is 0 Å². The number of carboxylic acid groups (broad SMARTS) is 1. The molecule has 1 saturated heterocycles. The molecule has 0 aliphatic carbocycles. The summed E-state index contributed by atoms with van der Waals surface area (Å²) in [5.74, 6) is -1.77. The van der Waals surface area contributed by atoms with Gasteiger partial charge in [0.05, 0.1) is 19.2 Å². The molecular formula is C19H26N2O5. The first-order valence-corrected chi connectivity index (χ1v) is 8.62. The molecule has 1 fully saturated rings. The summed E-state index contributed by atoms with van der Waals surface area (Å²) in [7, 11) is 0. The molecule has 1 unspecified atom stereocenters. The van der Waals surface area contributed by atoms with Crippen LogP contribution in [0.3, 0.4) is 0 Å². The van der Waals surface area contributed by atoms with Gasteiger partial charge in [-0.3, -0.25) is 9.59 Å². The average Bonchev–Trinajstić information content (AvgIpc) is 2.58. The zero-order valence-electron chi connectivity index (χ0n) is 15.6. The number of hydrogen-bond donors (Lipinski definition) is 2. The van der Waals surface area contributed by atoms with Gasteiger partial charge in [-0.25, -0.2) is 4.79 Å². The molecule has 1 aromatic rings. The zero-order valence-corrected chi connectivity index (χ0v) is 15.6. The van der Waals surface area contributed by atoms with Gasteiger partial charge in [0.25, 0.3) is 5.91 Å². The third-order valence-corrected chi connectivity index (χ3v) is 4.30. The molecule has 0 spiro atoms. The lowest BCUT2D eigenvalue weighted by Crippen LogP contribution is -2.53. The van der Waals surface area contributed by atoms with Gasteiger partial charge in [0.2, 0.25) is 5.91 Å². The summed E-state index contributed by atoms with van der Waals surface area (Å²) in [6.07, 6.45) is -1.40. The van der Waals surface area contributed by atoms with E-state index in [1.165, 1.54) is 4.90 Å². The Kier molecular flexibility index (Phi) is 6.02. The topological polar surface area (TPSA) is 95.9 Å². The summed E-state index contributed by atoms with van der Waals surface area (Å²) in [5, 5.41) is 11.7. The minimum Gasteiger partial charge on any atom is -0.479 e. The van der Waals surface area contributed by atoms with Crippen LogP contribution in [0.1, 0.15) is 43.6 Å². The summed E-state index contributed by atoms with van der Waals surface area (Å²) in [6, 6.07) is 7.27. The molecule has 1 heterocycles. The van der Waals surface area contributed by atoms with Crippen molar-refractivity contribution in [2.24, 2.45) is 0 Å². The van der Waals surface area contributed by atoms with E-state index in [4.69, 9.17) is 9.84 Å². The second-order valence-corrected chi connectivity index (χ2v) is 7.58. The third kappa shape index (κ3) is 5.05. The van der Waals surface area contributed by atoms with E-state index in [9.17, 15) is 14.4 Å². The Morgan fingerprint density at radius 1 is 1.19 bits per heavy atom. The molecule has 2 atom stereocenters. The predicted molar refractivity (Wildman–Crippen MR) is 96.0 cm³/mol. The highest BCUT2D eigenvalue weighted by Crippen LogP contribution is 2.22. The van der Waals surface area contributed by atoms with Gasteiger partial charge in [-0.2, -0.15) is 0 Å². The maximum Gasteiger partial charge on any atom is 0.334 e. The third-order valence-electron chi connectivity index (χ3n) is 4.30. The normalized spacial score (nSPS) is 20.5. The van der Waals surface area contributed by atoms with Crippen molar-refractivity contribution in [3.63, 3.8) is 0 Å². The van der Waals surface area contributed by atoms with Crippen molar-refractivity contribution in [2.45, 2.75) is 45.3 Å². The Balaban J connectivity index is 1.92. The molecule has 2 rings (SSSR count). The van der Waals surface area contributed by atoms with Crippen molar-refractivity contribution >= 4 is 17.8 Å². The lowest BCUT2D eigenvalue weighted by Gasteiger charge is -2.35. The van der Waals surface area contributed by atoms with E-state index in [-0.39, 0.29) is 36.4 Å². The molecule has 0 aromatic heterocycles. The molecule has 26 heavy (non-hydrogen) atoms. The van der Waals surface area contributed by atoms with Crippen molar-refractivity contribution in [3.05, 3.63) is 35.4 Å². The first-order valence-electron chi connectivity index (χ1n) is 8.62. The molecule has 2 amide bonds. The standard InChI is InChI=1S/C19H26N2O5/c1-12-10-21(11-15(26-12)18(24)25)16(22)9-20-17(23)13-5-7-14(8-6-13)19(2,3)4/h5-8,12,15H,9-11H2,1-4H3,(H,20,23)(H,24,25)/t12-,15?/m1/s1. The first kappa shape index (κ1) is 19.9. The second-order valence-electron chi connectivity index (χ2n) is 7.58. The Labute approximate surface area is 153 Å². The number of nitrogens with one attached hydrogen (secondary N) is 1. The molecule has 1 aromatic carbocycles. The highest BCUT2D eigenvalue weighted by atomic mass is 16.5. The van der Waals surface area contributed by atoms with Crippen LogP contribution >= 0.6 is 0 Å². The van der Waals surface area contributed by atoms with Gasteiger partial charge in [0, 0.05) is 12.1 Å². The summed E-state index contributed by atoms with van der Waals surface area (Å²) in [6.45, 7) is 8.09. The van der Waals surface area contributed by atoms with Crippen molar-refractivity contribution in [2.75, 3.05) is 19.6 Å². The van der Waals surface area contributed by atoms with Crippen LogP contribution in [0, 0.1) is 0 Å². The fraction of sp³-hybridized carbons (Fsp3) is 0.526. The number of carbonyl (C=O) groups excluding carboxylic acids is 2. The second kappa shape index (κ2) is 7.86. The summed E-state index contributed by atoms with van der Waals surface area (Å²) >= 11 is 0. The Morgan fingerprint density at radius 3 is 2.35 bits per heavy atom. The van der Waals surface area contributed by atoms with E-state index in [1.807, 2.05) is 12.1 Å². The lowest BCUT2D eigenvalue weighted by atomic mass is 9.87. The summed E-state index contributed by atoms with van der Waals surface area (Å²) < 4.78 is 5.28. The van der Waals surface area contributed by atoms with E-state index in [0.29, 0.717) is 12.1 Å². The van der Waals surface area contributed by atoms with Crippen LogP contribution in [0.25, 0.3) is 0 Å². The minimum atomic E-state index is -1.10. The molecule has 1 aliphatic rings. The number of benzene rings is 1. The highest BCUT2D eigenvalue weighted by molar-refractivity contribution is 5.96. The van der Waals surface area contributed by atoms with Gasteiger partial charge in [-0.05, 0) is 30.0 Å². The van der Waals surface area contributed by atoms with E-state index < -0.39 is 12.1 Å². The molecule has 7 heteroatoms. The van der Waals surface area contributed by atoms with Crippen molar-refractivity contribution in [1.82, 2.24) is 10.2 Å². The number of morpholine rings is 1. The molecule has 0 saturated carbocycles. The molecule has 0 bridgehead atoms. The van der Waals surface area contributed by atoms with Crippen LogP contribution < -0.4 is 5.32 Å². The van der Waals surface area contributed by atoms with E-state index in [2.05, 4.69) is 26.1 Å². The van der Waals surface area contributed by atoms with Gasteiger partial charge in [0.1, 0.15) is 0 Å². The van der Waals surface area contributed by atoms with Crippen LogP contribution in [0.2, 0.25) is 0 Å².